The first-order valence-electron chi connectivity index (χ1n) is 5.82. The summed E-state index contributed by atoms with van der Waals surface area (Å²) in [5.74, 6) is 0.455. The lowest BCUT2D eigenvalue weighted by molar-refractivity contribution is 0.372. The summed E-state index contributed by atoms with van der Waals surface area (Å²) in [6.45, 7) is 3.85. The Bertz CT molecular complexity index is 372. The molecule has 1 atom stereocenters. The number of hydrogen-bond acceptors (Lipinski definition) is 1. The molecule has 1 saturated heterocycles. The number of benzene rings is 1. The molecule has 88 valence electrons. The Morgan fingerprint density at radius 1 is 1.50 bits per heavy atom. The third kappa shape index (κ3) is 2.74. The predicted octanol–water partition coefficient (Wildman–Crippen LogP) is 3.33. The fraction of sp³-hybridized carbons (Fsp3) is 0.538. The van der Waals surface area contributed by atoms with Crippen molar-refractivity contribution in [1.82, 2.24) is 5.32 Å². The highest BCUT2D eigenvalue weighted by molar-refractivity contribution is 6.30. The van der Waals surface area contributed by atoms with Crippen molar-refractivity contribution in [3.05, 3.63) is 34.1 Å². The maximum absolute atomic E-state index is 13.9. The van der Waals surface area contributed by atoms with E-state index in [9.17, 15) is 4.39 Å². The van der Waals surface area contributed by atoms with E-state index in [-0.39, 0.29) is 5.82 Å². The van der Waals surface area contributed by atoms with E-state index in [1.807, 2.05) is 0 Å². The molecule has 1 heterocycles. The Kier molecular flexibility index (Phi) is 3.82. The van der Waals surface area contributed by atoms with Gasteiger partial charge in [0.2, 0.25) is 0 Å². The van der Waals surface area contributed by atoms with Crippen LogP contribution < -0.4 is 5.32 Å². The number of rotatable bonds is 2. The van der Waals surface area contributed by atoms with Crippen LogP contribution in [0.2, 0.25) is 5.02 Å². The van der Waals surface area contributed by atoms with E-state index in [4.69, 9.17) is 11.6 Å². The minimum absolute atomic E-state index is 0.0880. The monoisotopic (exact) mass is 241 g/mol. The van der Waals surface area contributed by atoms with Gasteiger partial charge < -0.3 is 5.32 Å². The predicted molar refractivity (Wildman–Crippen MR) is 65.4 cm³/mol. The van der Waals surface area contributed by atoms with Crippen LogP contribution in [0.3, 0.4) is 0 Å². The number of hydrogen-bond donors (Lipinski definition) is 1. The van der Waals surface area contributed by atoms with Gasteiger partial charge in [-0.2, -0.15) is 0 Å². The fourth-order valence-corrected chi connectivity index (χ4v) is 2.65. The maximum atomic E-state index is 13.9. The van der Waals surface area contributed by atoms with E-state index in [1.165, 1.54) is 12.8 Å². The highest BCUT2D eigenvalue weighted by Gasteiger charge is 2.16. The van der Waals surface area contributed by atoms with Gasteiger partial charge in [-0.05, 0) is 68.5 Å². The van der Waals surface area contributed by atoms with E-state index in [0.29, 0.717) is 16.5 Å². The van der Waals surface area contributed by atoms with Crippen LogP contribution in [0.4, 0.5) is 4.39 Å². The van der Waals surface area contributed by atoms with E-state index in [2.05, 4.69) is 5.32 Å². The zero-order valence-electron chi connectivity index (χ0n) is 9.52. The lowest BCUT2D eigenvalue weighted by Gasteiger charge is -2.23. The van der Waals surface area contributed by atoms with E-state index < -0.39 is 0 Å². The average Bonchev–Trinajstić information content (AvgIpc) is 2.27. The lowest BCUT2D eigenvalue weighted by atomic mass is 9.91. The summed E-state index contributed by atoms with van der Waals surface area (Å²) in [4.78, 5) is 0. The Balaban J connectivity index is 2.13. The summed E-state index contributed by atoms with van der Waals surface area (Å²) < 4.78 is 13.9. The molecule has 0 aromatic heterocycles. The van der Waals surface area contributed by atoms with Crippen LogP contribution in [-0.2, 0) is 6.42 Å². The average molecular weight is 242 g/mol. The molecular formula is C13H17ClFN. The van der Waals surface area contributed by atoms with Crippen LogP contribution in [0.15, 0.2) is 12.1 Å². The molecule has 3 heteroatoms. The molecule has 0 radical (unpaired) electrons. The third-order valence-corrected chi connectivity index (χ3v) is 3.42. The van der Waals surface area contributed by atoms with Crippen molar-refractivity contribution in [2.75, 3.05) is 13.1 Å². The standard InChI is InChI=1S/C13H17ClFN/c1-9-5-12(14)7-11(13(9)15)6-10-3-2-4-16-8-10/h5,7,10,16H,2-4,6,8H2,1H3. The van der Waals surface area contributed by atoms with Crippen molar-refractivity contribution in [3.63, 3.8) is 0 Å². The Morgan fingerprint density at radius 2 is 2.31 bits per heavy atom. The van der Waals surface area contributed by atoms with Crippen molar-refractivity contribution in [3.8, 4) is 0 Å². The van der Waals surface area contributed by atoms with E-state index in [1.54, 1.807) is 19.1 Å². The van der Waals surface area contributed by atoms with Crippen molar-refractivity contribution in [2.45, 2.75) is 26.2 Å². The zero-order valence-corrected chi connectivity index (χ0v) is 10.3. The number of nitrogens with one attached hydrogen (secondary N) is 1. The number of aryl methyl sites for hydroxylation is 1. The van der Waals surface area contributed by atoms with Crippen molar-refractivity contribution in [2.24, 2.45) is 5.92 Å². The van der Waals surface area contributed by atoms with Crippen molar-refractivity contribution in [1.29, 1.82) is 0 Å². The molecule has 0 spiro atoms. The van der Waals surface area contributed by atoms with Gasteiger partial charge in [0.1, 0.15) is 5.82 Å². The molecule has 1 aliphatic heterocycles. The first-order chi connectivity index (χ1) is 7.66. The molecule has 1 nitrogen and oxygen atoms in total. The van der Waals surface area contributed by atoms with Gasteiger partial charge in [-0.25, -0.2) is 4.39 Å². The molecule has 2 rings (SSSR count). The molecule has 1 N–H and O–H groups in total. The molecule has 0 amide bonds. The van der Waals surface area contributed by atoms with Gasteiger partial charge in [-0.15, -0.1) is 0 Å². The second-order valence-corrected chi connectivity index (χ2v) is 5.05. The van der Waals surface area contributed by atoms with Gasteiger partial charge in [0.25, 0.3) is 0 Å². The van der Waals surface area contributed by atoms with Crippen LogP contribution in [0.5, 0.6) is 0 Å². The largest absolute Gasteiger partial charge is 0.316 e. The normalized spacial score (nSPS) is 21.1. The first kappa shape index (κ1) is 11.9. The second-order valence-electron chi connectivity index (χ2n) is 4.61. The molecule has 1 aliphatic rings. The first-order valence-corrected chi connectivity index (χ1v) is 6.20. The van der Waals surface area contributed by atoms with Crippen LogP contribution in [0.1, 0.15) is 24.0 Å². The van der Waals surface area contributed by atoms with Gasteiger partial charge in [0.05, 0.1) is 0 Å². The molecule has 0 bridgehead atoms. The summed E-state index contributed by atoms with van der Waals surface area (Å²) in [7, 11) is 0. The summed E-state index contributed by atoms with van der Waals surface area (Å²) in [6, 6.07) is 3.44. The van der Waals surface area contributed by atoms with Gasteiger partial charge in [-0.3, -0.25) is 0 Å². The quantitative estimate of drug-likeness (QED) is 0.838. The van der Waals surface area contributed by atoms with Gasteiger partial charge in [0.15, 0.2) is 0 Å². The minimum atomic E-state index is -0.0880. The highest BCUT2D eigenvalue weighted by atomic mass is 35.5. The molecule has 0 saturated carbocycles. The Labute approximate surface area is 101 Å². The van der Waals surface area contributed by atoms with Crippen LogP contribution in [0.25, 0.3) is 0 Å². The molecular weight excluding hydrogens is 225 g/mol. The van der Waals surface area contributed by atoms with Crippen LogP contribution in [0, 0.1) is 18.7 Å². The second kappa shape index (κ2) is 5.15. The third-order valence-electron chi connectivity index (χ3n) is 3.20. The van der Waals surface area contributed by atoms with Crippen molar-refractivity contribution < 1.29 is 4.39 Å². The maximum Gasteiger partial charge on any atom is 0.129 e. The topological polar surface area (TPSA) is 12.0 Å². The SMILES string of the molecule is Cc1cc(Cl)cc(CC2CCCNC2)c1F. The minimum Gasteiger partial charge on any atom is -0.316 e. The Hall–Kier alpha value is -0.600. The van der Waals surface area contributed by atoms with Crippen LogP contribution >= 0.6 is 11.6 Å². The van der Waals surface area contributed by atoms with Gasteiger partial charge in [0, 0.05) is 5.02 Å². The van der Waals surface area contributed by atoms with Gasteiger partial charge >= 0.3 is 0 Å². The molecule has 1 aromatic carbocycles. The van der Waals surface area contributed by atoms with E-state index >= 15 is 0 Å². The van der Waals surface area contributed by atoms with Gasteiger partial charge in [-0.1, -0.05) is 11.6 Å². The smallest absolute Gasteiger partial charge is 0.129 e. The lowest BCUT2D eigenvalue weighted by Crippen LogP contribution is -2.31. The zero-order chi connectivity index (χ0) is 11.5. The summed E-state index contributed by atoms with van der Waals surface area (Å²) in [6.07, 6.45) is 3.16. The van der Waals surface area contributed by atoms with Crippen molar-refractivity contribution >= 4 is 11.6 Å². The summed E-state index contributed by atoms with van der Waals surface area (Å²) >= 11 is 5.96. The molecule has 1 unspecified atom stereocenters. The van der Waals surface area contributed by atoms with E-state index in [0.717, 1.165) is 25.1 Å². The molecule has 0 aliphatic carbocycles. The Morgan fingerprint density at radius 3 is 3.00 bits per heavy atom. The molecule has 1 aromatic rings. The number of halogens is 2. The highest BCUT2D eigenvalue weighted by Crippen LogP contribution is 2.24. The van der Waals surface area contributed by atoms with Crippen LogP contribution in [-0.4, -0.2) is 13.1 Å². The molecule has 1 fully saturated rings. The fourth-order valence-electron chi connectivity index (χ4n) is 2.35. The number of piperidine rings is 1. The molecule has 16 heavy (non-hydrogen) atoms. The summed E-state index contributed by atoms with van der Waals surface area (Å²) in [5, 5.41) is 3.99. The summed E-state index contributed by atoms with van der Waals surface area (Å²) in [5.41, 5.74) is 1.41.